The zero-order valence-corrected chi connectivity index (χ0v) is 59.8. The molecular formula is C79H147NO13. The van der Waals surface area contributed by atoms with Crippen molar-refractivity contribution in [3.63, 3.8) is 0 Å². The molecule has 2 heterocycles. The third kappa shape index (κ3) is 46.8. The summed E-state index contributed by atoms with van der Waals surface area (Å²) in [7, 11) is 0. The van der Waals surface area contributed by atoms with Crippen LogP contribution in [0.2, 0.25) is 0 Å². The molecule has 0 aromatic heterocycles. The number of hydrogen-bond donors (Lipinski definition) is 9. The molecule has 1 amide bonds. The Morgan fingerprint density at radius 3 is 1.09 bits per heavy atom. The van der Waals surface area contributed by atoms with Crippen LogP contribution in [0.3, 0.4) is 0 Å². The normalized spacial score (nSPS) is 22.8. The molecule has 0 bridgehead atoms. The first-order valence-electron chi connectivity index (χ1n) is 39.4. The van der Waals surface area contributed by atoms with Crippen LogP contribution in [0.15, 0.2) is 48.6 Å². The topological polar surface area (TPSA) is 228 Å². The summed E-state index contributed by atoms with van der Waals surface area (Å²) in [5.74, 6) is -0.232. The Bertz CT molecular complexity index is 1750. The van der Waals surface area contributed by atoms with Gasteiger partial charge in [-0.3, -0.25) is 4.79 Å². The standard InChI is InChI=1S/C79H147NO13/c1-3-5-7-9-11-13-15-17-19-21-23-25-26-27-28-29-30-31-32-33-34-35-36-37-38-39-40-41-42-43-45-47-49-51-53-55-57-59-61-63-71(84)80-67(68(83)62-60-58-56-54-52-50-48-46-44-24-22-20-18-16-14-12-10-8-6-4-2)66-90-78-76(89)74(87)77(70(65-82)92-78)93-79-75(88)73(86)72(85)69(64-81)91-79/h15,17,21,23,26-27,60,62,67-70,72-79,81-83,85-89H,3-14,16,18-20,22,24-25,28-59,61,63-66H2,1-2H3,(H,80,84)/b17-15-,23-21-,27-26-,62-60+. The molecule has 2 saturated heterocycles. The Morgan fingerprint density at radius 2 is 0.710 bits per heavy atom. The molecule has 0 aromatic carbocycles. The summed E-state index contributed by atoms with van der Waals surface area (Å²) in [6.07, 6.45) is 67.7. The molecule has 0 saturated carbocycles. The van der Waals surface area contributed by atoms with Crippen LogP contribution in [-0.2, 0) is 23.7 Å². The Morgan fingerprint density at radius 1 is 0.387 bits per heavy atom. The maximum atomic E-state index is 13.4. The van der Waals surface area contributed by atoms with E-state index in [0.29, 0.717) is 6.42 Å². The molecule has 93 heavy (non-hydrogen) atoms. The molecule has 2 aliphatic rings. The third-order valence-electron chi connectivity index (χ3n) is 19.3. The highest BCUT2D eigenvalue weighted by atomic mass is 16.7. The summed E-state index contributed by atoms with van der Waals surface area (Å²) < 4.78 is 22.9. The number of amides is 1. The van der Waals surface area contributed by atoms with Gasteiger partial charge >= 0.3 is 0 Å². The molecule has 0 radical (unpaired) electrons. The fourth-order valence-electron chi connectivity index (χ4n) is 13.0. The van der Waals surface area contributed by atoms with E-state index >= 15 is 0 Å². The quantitative estimate of drug-likeness (QED) is 0.0204. The molecule has 546 valence electrons. The molecule has 12 unspecified atom stereocenters. The van der Waals surface area contributed by atoms with Crippen molar-refractivity contribution < 1.29 is 64.6 Å². The van der Waals surface area contributed by atoms with Crippen molar-refractivity contribution in [3.8, 4) is 0 Å². The van der Waals surface area contributed by atoms with E-state index in [2.05, 4.69) is 55.6 Å². The highest BCUT2D eigenvalue weighted by Gasteiger charge is 2.51. The van der Waals surface area contributed by atoms with Gasteiger partial charge in [0.15, 0.2) is 12.6 Å². The first kappa shape index (κ1) is 87.0. The van der Waals surface area contributed by atoms with Crippen LogP contribution < -0.4 is 5.32 Å². The van der Waals surface area contributed by atoms with E-state index in [4.69, 9.17) is 18.9 Å². The second-order valence-electron chi connectivity index (χ2n) is 27.8. The second-order valence-corrected chi connectivity index (χ2v) is 27.8. The van der Waals surface area contributed by atoms with Crippen molar-refractivity contribution in [3.05, 3.63) is 48.6 Å². The van der Waals surface area contributed by atoms with Crippen molar-refractivity contribution in [2.75, 3.05) is 19.8 Å². The zero-order valence-electron chi connectivity index (χ0n) is 59.8. The average Bonchev–Trinajstić information content (AvgIpc) is 0.854. The Hall–Kier alpha value is -2.05. The predicted molar refractivity (Wildman–Crippen MR) is 383 cm³/mol. The lowest BCUT2D eigenvalue weighted by Gasteiger charge is -2.46. The summed E-state index contributed by atoms with van der Waals surface area (Å²) in [5, 5.41) is 87.6. The molecule has 2 fully saturated rings. The van der Waals surface area contributed by atoms with Crippen molar-refractivity contribution >= 4 is 5.91 Å². The smallest absolute Gasteiger partial charge is 0.220 e. The summed E-state index contributed by atoms with van der Waals surface area (Å²) in [4.78, 5) is 13.4. The Kier molecular flexibility index (Phi) is 59.3. The fraction of sp³-hybridized carbons (Fsp3) is 0.886. The number of carbonyl (C=O) groups is 1. The van der Waals surface area contributed by atoms with Crippen LogP contribution in [0.4, 0.5) is 0 Å². The first-order chi connectivity index (χ1) is 45.6. The van der Waals surface area contributed by atoms with Crippen molar-refractivity contribution in [1.82, 2.24) is 5.32 Å². The summed E-state index contributed by atoms with van der Waals surface area (Å²) >= 11 is 0. The maximum absolute atomic E-state index is 13.4. The number of aliphatic hydroxyl groups is 8. The van der Waals surface area contributed by atoms with Crippen LogP contribution in [0.5, 0.6) is 0 Å². The lowest BCUT2D eigenvalue weighted by molar-refractivity contribution is -0.359. The van der Waals surface area contributed by atoms with Gasteiger partial charge in [-0.25, -0.2) is 0 Å². The first-order valence-corrected chi connectivity index (χ1v) is 39.4. The average molecular weight is 1320 g/mol. The molecule has 2 aliphatic heterocycles. The third-order valence-corrected chi connectivity index (χ3v) is 19.3. The number of unbranched alkanes of at least 4 members (excludes halogenated alkanes) is 47. The molecule has 0 aromatic rings. The maximum Gasteiger partial charge on any atom is 0.220 e. The summed E-state index contributed by atoms with van der Waals surface area (Å²) in [6.45, 7) is 2.84. The molecule has 14 heteroatoms. The number of allylic oxidation sites excluding steroid dienone is 7. The summed E-state index contributed by atoms with van der Waals surface area (Å²) in [5.41, 5.74) is 0. The minimum Gasteiger partial charge on any atom is -0.394 e. The minimum atomic E-state index is -1.79. The minimum absolute atomic E-state index is 0.232. The van der Waals surface area contributed by atoms with Crippen LogP contribution in [0.1, 0.15) is 354 Å². The second kappa shape index (κ2) is 63.4. The van der Waals surface area contributed by atoms with Crippen LogP contribution in [0.25, 0.3) is 0 Å². The van der Waals surface area contributed by atoms with E-state index in [0.717, 1.165) is 51.4 Å². The SMILES string of the molecule is CCCCCCC/C=C\C/C=C\C/C=C\CCCCCCCCCCCCCCCCCCCCCCCCCCC(=O)NC(COC1OC(CO)C(OC2OC(CO)C(O)C(O)C2O)C(O)C1O)C(O)/C=C/CCCCCCCCCCCCCCCCCCCC. The van der Waals surface area contributed by atoms with E-state index < -0.39 is 86.8 Å². The number of nitrogens with one attached hydrogen (secondary N) is 1. The van der Waals surface area contributed by atoms with E-state index in [1.807, 2.05) is 6.08 Å². The van der Waals surface area contributed by atoms with Gasteiger partial charge < -0.3 is 65.1 Å². The van der Waals surface area contributed by atoms with Crippen LogP contribution >= 0.6 is 0 Å². The zero-order chi connectivity index (χ0) is 67.3. The van der Waals surface area contributed by atoms with Gasteiger partial charge in [0.2, 0.25) is 5.91 Å². The predicted octanol–water partition coefficient (Wildman–Crippen LogP) is 17.4. The van der Waals surface area contributed by atoms with Gasteiger partial charge in [-0.05, 0) is 57.8 Å². The lowest BCUT2D eigenvalue weighted by Crippen LogP contribution is -2.65. The Labute approximate surface area is 569 Å². The molecule has 12 atom stereocenters. The van der Waals surface area contributed by atoms with E-state index in [1.165, 1.54) is 276 Å². The van der Waals surface area contributed by atoms with Gasteiger partial charge in [0.05, 0.1) is 32.0 Å². The monoisotopic (exact) mass is 1320 g/mol. The molecule has 9 N–H and O–H groups in total. The number of hydrogen-bond acceptors (Lipinski definition) is 13. The van der Waals surface area contributed by atoms with Crippen LogP contribution in [-0.4, -0.2) is 140 Å². The van der Waals surface area contributed by atoms with Crippen LogP contribution in [0, 0.1) is 0 Å². The van der Waals surface area contributed by atoms with E-state index in [-0.39, 0.29) is 18.9 Å². The molecule has 2 rings (SSSR count). The van der Waals surface area contributed by atoms with Crippen molar-refractivity contribution in [1.29, 1.82) is 0 Å². The van der Waals surface area contributed by atoms with Gasteiger partial charge in [0.25, 0.3) is 0 Å². The van der Waals surface area contributed by atoms with E-state index in [1.54, 1.807) is 6.08 Å². The number of carbonyl (C=O) groups excluding carboxylic acids is 1. The van der Waals surface area contributed by atoms with Gasteiger partial charge in [-0.15, -0.1) is 0 Å². The van der Waals surface area contributed by atoms with Gasteiger partial charge in [-0.2, -0.15) is 0 Å². The lowest BCUT2D eigenvalue weighted by atomic mass is 9.97. The van der Waals surface area contributed by atoms with E-state index in [9.17, 15) is 45.6 Å². The van der Waals surface area contributed by atoms with Gasteiger partial charge in [-0.1, -0.05) is 339 Å². The molecule has 0 spiro atoms. The van der Waals surface area contributed by atoms with Gasteiger partial charge in [0, 0.05) is 6.42 Å². The highest BCUT2D eigenvalue weighted by molar-refractivity contribution is 5.76. The largest absolute Gasteiger partial charge is 0.394 e. The van der Waals surface area contributed by atoms with Gasteiger partial charge in [0.1, 0.15) is 48.8 Å². The number of rotatable bonds is 66. The fourth-order valence-corrected chi connectivity index (χ4v) is 13.0. The number of aliphatic hydroxyl groups excluding tert-OH is 8. The van der Waals surface area contributed by atoms with Crippen molar-refractivity contribution in [2.24, 2.45) is 0 Å². The van der Waals surface area contributed by atoms with Crippen molar-refractivity contribution in [2.45, 2.75) is 428 Å². The molecule has 0 aliphatic carbocycles. The molecular weight excluding hydrogens is 1170 g/mol. The Balaban J connectivity index is 1.57. The number of ether oxygens (including phenoxy) is 4. The molecule has 14 nitrogen and oxygen atoms in total. The highest BCUT2D eigenvalue weighted by Crippen LogP contribution is 2.30. The summed E-state index contributed by atoms with van der Waals surface area (Å²) in [6, 6.07) is -0.914.